The van der Waals surface area contributed by atoms with Crippen LogP contribution >= 0.6 is 11.8 Å². The fourth-order valence-electron chi connectivity index (χ4n) is 3.74. The number of fused-ring (bicyclic) bond motifs is 3. The SMILES string of the molecule is CCC(SC1=Nc2ccccc2C2=NC(CC(C)C)C(=O)N12)C(=O)Nc1cc(F)ccc1F. The first-order chi connectivity index (χ1) is 15.8. The van der Waals surface area contributed by atoms with Crippen molar-refractivity contribution in [2.24, 2.45) is 15.9 Å². The van der Waals surface area contributed by atoms with Crippen LogP contribution in [-0.4, -0.2) is 39.0 Å². The van der Waals surface area contributed by atoms with Gasteiger partial charge in [0.15, 0.2) is 5.17 Å². The number of thioether (sulfide) groups is 1. The second kappa shape index (κ2) is 9.43. The molecular weight excluding hydrogens is 446 g/mol. The van der Waals surface area contributed by atoms with Gasteiger partial charge in [0.25, 0.3) is 5.91 Å². The van der Waals surface area contributed by atoms with Crippen LogP contribution in [0, 0.1) is 17.6 Å². The molecule has 0 bridgehead atoms. The van der Waals surface area contributed by atoms with E-state index in [9.17, 15) is 18.4 Å². The lowest BCUT2D eigenvalue weighted by Gasteiger charge is -2.27. The van der Waals surface area contributed by atoms with Gasteiger partial charge >= 0.3 is 0 Å². The molecule has 6 nitrogen and oxygen atoms in total. The molecule has 2 unspecified atom stereocenters. The van der Waals surface area contributed by atoms with Crippen LogP contribution in [0.15, 0.2) is 52.4 Å². The smallest absolute Gasteiger partial charge is 0.259 e. The molecule has 2 amide bonds. The highest BCUT2D eigenvalue weighted by Crippen LogP contribution is 2.36. The second-order valence-electron chi connectivity index (χ2n) is 8.31. The van der Waals surface area contributed by atoms with Gasteiger partial charge in [-0.3, -0.25) is 14.6 Å². The quantitative estimate of drug-likeness (QED) is 0.637. The Morgan fingerprint density at radius 1 is 1.21 bits per heavy atom. The molecule has 2 aliphatic heterocycles. The van der Waals surface area contributed by atoms with Crippen molar-refractivity contribution in [2.45, 2.75) is 44.9 Å². The number of aliphatic imine (C=N–C) groups is 2. The fraction of sp³-hybridized carbons (Fsp3) is 0.333. The lowest BCUT2D eigenvalue weighted by Crippen LogP contribution is -2.42. The first-order valence-corrected chi connectivity index (χ1v) is 11.7. The number of amides is 2. The molecular formula is C24H24F2N4O2S. The van der Waals surface area contributed by atoms with Crippen LogP contribution < -0.4 is 5.32 Å². The molecule has 2 aromatic carbocycles. The van der Waals surface area contributed by atoms with Crippen LogP contribution in [0.1, 0.15) is 39.2 Å². The number of amidine groups is 2. The van der Waals surface area contributed by atoms with Crippen LogP contribution in [-0.2, 0) is 9.59 Å². The maximum Gasteiger partial charge on any atom is 0.259 e. The van der Waals surface area contributed by atoms with Crippen molar-refractivity contribution in [2.75, 3.05) is 5.32 Å². The Labute approximate surface area is 195 Å². The van der Waals surface area contributed by atoms with Crippen LogP contribution in [0.25, 0.3) is 0 Å². The molecule has 9 heteroatoms. The molecule has 0 aliphatic carbocycles. The topological polar surface area (TPSA) is 74.1 Å². The minimum atomic E-state index is -0.728. The number of hydrogen-bond acceptors (Lipinski definition) is 5. The number of nitrogens with one attached hydrogen (secondary N) is 1. The average Bonchev–Trinajstić information content (AvgIpc) is 3.10. The van der Waals surface area contributed by atoms with Crippen molar-refractivity contribution in [3.8, 4) is 0 Å². The highest BCUT2D eigenvalue weighted by molar-refractivity contribution is 8.15. The Balaban J connectivity index is 1.62. The Morgan fingerprint density at radius 3 is 2.70 bits per heavy atom. The molecule has 2 aromatic rings. The number of hydrogen-bond donors (Lipinski definition) is 1. The monoisotopic (exact) mass is 470 g/mol. The molecule has 2 aliphatic rings. The van der Waals surface area contributed by atoms with Crippen molar-refractivity contribution < 1.29 is 18.4 Å². The molecule has 2 atom stereocenters. The van der Waals surface area contributed by atoms with E-state index < -0.39 is 28.8 Å². The summed E-state index contributed by atoms with van der Waals surface area (Å²) in [5, 5.41) is 2.12. The third-order valence-electron chi connectivity index (χ3n) is 5.34. The number of carbonyl (C=O) groups is 2. The van der Waals surface area contributed by atoms with Crippen LogP contribution in [0.3, 0.4) is 0 Å². The van der Waals surface area contributed by atoms with E-state index in [-0.39, 0.29) is 17.5 Å². The molecule has 33 heavy (non-hydrogen) atoms. The predicted octanol–water partition coefficient (Wildman–Crippen LogP) is 5.12. The Bertz CT molecular complexity index is 1160. The van der Waals surface area contributed by atoms with Gasteiger partial charge in [-0.25, -0.2) is 18.7 Å². The molecule has 4 rings (SSSR count). The van der Waals surface area contributed by atoms with E-state index >= 15 is 0 Å². The highest BCUT2D eigenvalue weighted by atomic mass is 32.2. The normalized spacial score (nSPS) is 17.9. The molecule has 0 aromatic heterocycles. The van der Waals surface area contributed by atoms with E-state index in [0.717, 1.165) is 35.5 Å². The van der Waals surface area contributed by atoms with Gasteiger partial charge < -0.3 is 5.32 Å². The Hall–Kier alpha value is -3.07. The van der Waals surface area contributed by atoms with E-state index in [1.165, 1.54) is 4.90 Å². The minimum absolute atomic E-state index is 0.175. The number of rotatable bonds is 6. The van der Waals surface area contributed by atoms with Crippen molar-refractivity contribution in [3.63, 3.8) is 0 Å². The molecule has 172 valence electrons. The number of carbonyl (C=O) groups excluding carboxylic acids is 2. The third-order valence-corrected chi connectivity index (χ3v) is 6.66. The minimum Gasteiger partial charge on any atom is -0.323 e. The first kappa shape index (κ1) is 23.1. The summed E-state index contributed by atoms with van der Waals surface area (Å²) in [7, 11) is 0. The molecule has 0 saturated heterocycles. The van der Waals surface area contributed by atoms with E-state index in [1.54, 1.807) is 6.92 Å². The number of benzene rings is 2. The lowest BCUT2D eigenvalue weighted by atomic mass is 10.0. The van der Waals surface area contributed by atoms with Gasteiger partial charge in [0, 0.05) is 11.6 Å². The zero-order valence-electron chi connectivity index (χ0n) is 18.5. The number of anilines is 1. The summed E-state index contributed by atoms with van der Waals surface area (Å²) in [5.41, 5.74) is 1.20. The summed E-state index contributed by atoms with van der Waals surface area (Å²) in [4.78, 5) is 37.0. The maximum absolute atomic E-state index is 14.0. The maximum atomic E-state index is 14.0. The van der Waals surface area contributed by atoms with Crippen molar-refractivity contribution in [3.05, 3.63) is 59.7 Å². The zero-order chi connectivity index (χ0) is 23.7. The number of halogens is 2. The van der Waals surface area contributed by atoms with Gasteiger partial charge in [0.1, 0.15) is 23.5 Å². The summed E-state index contributed by atoms with van der Waals surface area (Å²) in [6, 6.07) is 9.79. The van der Waals surface area contributed by atoms with Gasteiger partial charge in [-0.2, -0.15) is 0 Å². The molecule has 0 fully saturated rings. The van der Waals surface area contributed by atoms with Crippen LogP contribution in [0.5, 0.6) is 0 Å². The zero-order valence-corrected chi connectivity index (χ0v) is 19.3. The Kier molecular flexibility index (Phi) is 6.60. The van der Waals surface area contributed by atoms with Crippen LogP contribution in [0.2, 0.25) is 0 Å². The average molecular weight is 471 g/mol. The highest BCUT2D eigenvalue weighted by Gasteiger charge is 2.42. The second-order valence-corrected chi connectivity index (χ2v) is 9.48. The predicted molar refractivity (Wildman–Crippen MR) is 127 cm³/mol. The molecule has 0 radical (unpaired) electrons. The molecule has 0 spiro atoms. The molecule has 0 saturated carbocycles. The van der Waals surface area contributed by atoms with Gasteiger partial charge in [0.2, 0.25) is 5.91 Å². The lowest BCUT2D eigenvalue weighted by molar-refractivity contribution is -0.125. The van der Waals surface area contributed by atoms with E-state index in [4.69, 9.17) is 4.99 Å². The summed E-state index contributed by atoms with van der Waals surface area (Å²) in [6.07, 6.45) is 0.994. The van der Waals surface area contributed by atoms with E-state index in [2.05, 4.69) is 10.3 Å². The number of para-hydroxylation sites is 1. The largest absolute Gasteiger partial charge is 0.323 e. The van der Waals surface area contributed by atoms with E-state index in [1.807, 2.05) is 38.1 Å². The standard InChI is InChI=1S/C24H24F2N4O2S/c1-4-20(22(31)28-18-12-14(25)9-10-16(18)26)33-24-29-17-8-6-5-7-15(17)21-27-19(11-13(2)3)23(32)30(21)24/h5-10,12-13,19-20H,4,11H2,1-3H3,(H,28,31). The summed E-state index contributed by atoms with van der Waals surface area (Å²) < 4.78 is 27.5. The fourth-order valence-corrected chi connectivity index (χ4v) is 4.76. The number of nitrogens with zero attached hydrogens (tertiary/aromatic N) is 3. The van der Waals surface area contributed by atoms with Gasteiger partial charge in [-0.05, 0) is 43.0 Å². The summed E-state index contributed by atoms with van der Waals surface area (Å²) in [5.74, 6) is -1.24. The molecule has 1 N–H and O–H groups in total. The van der Waals surface area contributed by atoms with E-state index in [0.29, 0.717) is 29.5 Å². The Morgan fingerprint density at radius 2 is 1.97 bits per heavy atom. The van der Waals surface area contributed by atoms with Crippen molar-refractivity contribution >= 4 is 46.0 Å². The third kappa shape index (κ3) is 4.68. The first-order valence-electron chi connectivity index (χ1n) is 10.8. The van der Waals surface area contributed by atoms with Crippen molar-refractivity contribution in [1.29, 1.82) is 0 Å². The van der Waals surface area contributed by atoms with Crippen molar-refractivity contribution in [1.82, 2.24) is 4.90 Å². The van der Waals surface area contributed by atoms with Gasteiger partial charge in [-0.15, -0.1) is 0 Å². The van der Waals surface area contributed by atoms with Gasteiger partial charge in [0.05, 0.1) is 16.6 Å². The van der Waals surface area contributed by atoms with Gasteiger partial charge in [-0.1, -0.05) is 44.7 Å². The van der Waals surface area contributed by atoms with Crippen LogP contribution in [0.4, 0.5) is 20.2 Å². The summed E-state index contributed by atoms with van der Waals surface area (Å²) >= 11 is 1.11. The summed E-state index contributed by atoms with van der Waals surface area (Å²) in [6.45, 7) is 5.87. The molecule has 2 heterocycles.